The smallest absolute Gasteiger partial charge is 0.373 e. The maximum atomic E-state index is 11.1. The molecule has 16 heavy (non-hydrogen) atoms. The number of carboxylic acid groups (broad SMARTS) is 1. The van der Waals surface area contributed by atoms with Gasteiger partial charge in [0, 0.05) is 17.6 Å². The highest BCUT2D eigenvalue weighted by Crippen LogP contribution is 2.34. The van der Waals surface area contributed by atoms with Crippen LogP contribution in [-0.4, -0.2) is 27.6 Å². The van der Waals surface area contributed by atoms with Crippen LogP contribution in [-0.2, 0) is 0 Å². The number of nitrogens with zero attached hydrogens (tertiary/aromatic N) is 1. The van der Waals surface area contributed by atoms with Crippen LogP contribution in [0.4, 0.5) is 0 Å². The van der Waals surface area contributed by atoms with E-state index in [0.717, 1.165) is 17.9 Å². The number of hydrogen-bond acceptors (Lipinski definition) is 4. The standard InChI is InChI=1S/C11H15NO3S/c1-6(2)10-12-8(7-3-4-16-5-7)9(15-10)11(13)14/h6-7H,3-5H2,1-2H3,(H,13,14). The largest absolute Gasteiger partial charge is 0.475 e. The van der Waals surface area contributed by atoms with Crippen molar-refractivity contribution >= 4 is 17.7 Å². The van der Waals surface area contributed by atoms with E-state index >= 15 is 0 Å². The Kier molecular flexibility index (Phi) is 3.23. The van der Waals surface area contributed by atoms with Crippen LogP contribution in [0.15, 0.2) is 4.42 Å². The van der Waals surface area contributed by atoms with Crippen molar-refractivity contribution in [3.8, 4) is 0 Å². The van der Waals surface area contributed by atoms with Crippen LogP contribution in [0.3, 0.4) is 0 Å². The fourth-order valence-corrected chi connectivity index (χ4v) is 3.00. The van der Waals surface area contributed by atoms with Gasteiger partial charge in [-0.3, -0.25) is 0 Å². The summed E-state index contributed by atoms with van der Waals surface area (Å²) in [5.74, 6) is 1.96. The maximum absolute atomic E-state index is 11.1. The third kappa shape index (κ3) is 2.09. The number of carboxylic acids is 1. The summed E-state index contributed by atoms with van der Waals surface area (Å²) in [5, 5.41) is 9.08. The average molecular weight is 241 g/mol. The molecule has 0 aliphatic carbocycles. The Morgan fingerprint density at radius 1 is 1.62 bits per heavy atom. The van der Waals surface area contributed by atoms with Crippen LogP contribution >= 0.6 is 11.8 Å². The number of thioether (sulfide) groups is 1. The number of aromatic carboxylic acids is 1. The molecule has 0 spiro atoms. The summed E-state index contributed by atoms with van der Waals surface area (Å²) >= 11 is 1.84. The predicted octanol–water partition coefficient (Wildman–Crippen LogP) is 2.72. The highest BCUT2D eigenvalue weighted by molar-refractivity contribution is 7.99. The minimum atomic E-state index is -1.01. The molecule has 1 atom stereocenters. The molecule has 2 rings (SSSR count). The summed E-state index contributed by atoms with van der Waals surface area (Å²) in [4.78, 5) is 15.4. The monoisotopic (exact) mass is 241 g/mol. The predicted molar refractivity (Wildman–Crippen MR) is 62.2 cm³/mol. The van der Waals surface area contributed by atoms with Crippen molar-refractivity contribution in [3.05, 3.63) is 17.3 Å². The summed E-state index contributed by atoms with van der Waals surface area (Å²) in [6.45, 7) is 3.90. The number of hydrogen-bond donors (Lipinski definition) is 1. The fourth-order valence-electron chi connectivity index (χ4n) is 1.78. The topological polar surface area (TPSA) is 63.3 Å². The fraction of sp³-hybridized carbons (Fsp3) is 0.636. The van der Waals surface area contributed by atoms with Gasteiger partial charge in [-0.15, -0.1) is 0 Å². The third-order valence-electron chi connectivity index (χ3n) is 2.67. The van der Waals surface area contributed by atoms with E-state index in [9.17, 15) is 4.79 Å². The molecule has 1 aromatic rings. The first-order chi connectivity index (χ1) is 7.59. The Balaban J connectivity index is 2.37. The zero-order chi connectivity index (χ0) is 11.7. The highest BCUT2D eigenvalue weighted by atomic mass is 32.2. The van der Waals surface area contributed by atoms with Gasteiger partial charge in [0.2, 0.25) is 5.76 Å². The lowest BCUT2D eigenvalue weighted by Crippen LogP contribution is -2.05. The van der Waals surface area contributed by atoms with Crippen molar-refractivity contribution in [2.45, 2.75) is 32.1 Å². The van der Waals surface area contributed by atoms with Crippen LogP contribution in [0.5, 0.6) is 0 Å². The molecule has 88 valence electrons. The molecular weight excluding hydrogens is 226 g/mol. The molecule has 0 aromatic carbocycles. The van der Waals surface area contributed by atoms with Crippen molar-refractivity contribution in [1.82, 2.24) is 4.98 Å². The van der Waals surface area contributed by atoms with E-state index in [-0.39, 0.29) is 17.6 Å². The molecule has 1 aliphatic rings. The Morgan fingerprint density at radius 2 is 2.38 bits per heavy atom. The lowest BCUT2D eigenvalue weighted by atomic mass is 10.0. The van der Waals surface area contributed by atoms with Crippen LogP contribution in [0, 0.1) is 0 Å². The lowest BCUT2D eigenvalue weighted by Gasteiger charge is -2.03. The zero-order valence-corrected chi connectivity index (χ0v) is 10.2. The number of oxazole rings is 1. The van der Waals surface area contributed by atoms with Crippen LogP contribution in [0.25, 0.3) is 0 Å². The first-order valence-corrected chi connectivity index (χ1v) is 6.56. The van der Waals surface area contributed by atoms with Gasteiger partial charge in [0.1, 0.15) is 0 Å². The molecule has 2 heterocycles. The summed E-state index contributed by atoms with van der Waals surface area (Å²) < 4.78 is 5.33. The Labute approximate surface area is 98.4 Å². The van der Waals surface area contributed by atoms with E-state index in [0.29, 0.717) is 11.6 Å². The minimum Gasteiger partial charge on any atom is -0.475 e. The van der Waals surface area contributed by atoms with E-state index in [2.05, 4.69) is 4.98 Å². The van der Waals surface area contributed by atoms with Crippen LogP contribution in [0.1, 0.15) is 54.2 Å². The minimum absolute atomic E-state index is 0.0381. The zero-order valence-electron chi connectivity index (χ0n) is 9.40. The van der Waals surface area contributed by atoms with Crippen molar-refractivity contribution in [3.63, 3.8) is 0 Å². The summed E-state index contributed by atoms with van der Waals surface area (Å²) in [7, 11) is 0. The lowest BCUT2D eigenvalue weighted by molar-refractivity contribution is 0.0657. The van der Waals surface area contributed by atoms with E-state index in [1.165, 1.54) is 0 Å². The van der Waals surface area contributed by atoms with Crippen molar-refractivity contribution in [2.24, 2.45) is 0 Å². The molecule has 1 unspecified atom stereocenters. The van der Waals surface area contributed by atoms with E-state index in [1.54, 1.807) is 0 Å². The second kappa shape index (κ2) is 4.49. The summed E-state index contributed by atoms with van der Waals surface area (Å²) in [6.07, 6.45) is 0.995. The molecular formula is C11H15NO3S. The van der Waals surface area contributed by atoms with Crippen LogP contribution < -0.4 is 0 Å². The average Bonchev–Trinajstić information content (AvgIpc) is 2.86. The Hall–Kier alpha value is -0.970. The quantitative estimate of drug-likeness (QED) is 0.881. The molecule has 0 amide bonds. The second-order valence-electron chi connectivity index (χ2n) is 4.29. The Morgan fingerprint density at radius 3 is 2.88 bits per heavy atom. The second-order valence-corrected chi connectivity index (χ2v) is 5.44. The highest BCUT2D eigenvalue weighted by Gasteiger charge is 2.29. The summed E-state index contributed by atoms with van der Waals surface area (Å²) in [5.41, 5.74) is 0.640. The van der Waals surface area contributed by atoms with E-state index in [1.807, 2.05) is 25.6 Å². The van der Waals surface area contributed by atoms with Gasteiger partial charge in [-0.1, -0.05) is 13.8 Å². The van der Waals surface area contributed by atoms with Gasteiger partial charge < -0.3 is 9.52 Å². The molecule has 1 aromatic heterocycles. The van der Waals surface area contributed by atoms with Gasteiger partial charge in [0.05, 0.1) is 5.69 Å². The molecule has 0 bridgehead atoms. The molecule has 4 nitrogen and oxygen atoms in total. The molecule has 0 radical (unpaired) electrons. The molecule has 1 N–H and O–H groups in total. The van der Waals surface area contributed by atoms with Crippen molar-refractivity contribution in [2.75, 3.05) is 11.5 Å². The third-order valence-corrected chi connectivity index (χ3v) is 3.84. The number of aromatic nitrogens is 1. The van der Waals surface area contributed by atoms with E-state index in [4.69, 9.17) is 9.52 Å². The van der Waals surface area contributed by atoms with Gasteiger partial charge in [-0.25, -0.2) is 9.78 Å². The molecule has 1 fully saturated rings. The first-order valence-electron chi connectivity index (χ1n) is 5.41. The van der Waals surface area contributed by atoms with Gasteiger partial charge >= 0.3 is 5.97 Å². The normalized spacial score (nSPS) is 20.6. The molecule has 5 heteroatoms. The van der Waals surface area contributed by atoms with Crippen LogP contribution in [0.2, 0.25) is 0 Å². The number of rotatable bonds is 3. The van der Waals surface area contributed by atoms with Crippen molar-refractivity contribution in [1.29, 1.82) is 0 Å². The first kappa shape index (κ1) is 11.5. The van der Waals surface area contributed by atoms with E-state index < -0.39 is 5.97 Å². The van der Waals surface area contributed by atoms with Gasteiger partial charge in [-0.2, -0.15) is 11.8 Å². The van der Waals surface area contributed by atoms with Gasteiger partial charge in [0.15, 0.2) is 5.89 Å². The van der Waals surface area contributed by atoms with Gasteiger partial charge in [0.25, 0.3) is 0 Å². The SMILES string of the molecule is CC(C)c1nc(C2CCSC2)c(C(=O)O)o1. The Bertz CT molecular complexity index is 394. The van der Waals surface area contributed by atoms with Crippen molar-refractivity contribution < 1.29 is 14.3 Å². The maximum Gasteiger partial charge on any atom is 0.373 e. The van der Waals surface area contributed by atoms with Gasteiger partial charge in [-0.05, 0) is 12.2 Å². The summed E-state index contributed by atoms with van der Waals surface area (Å²) in [6, 6.07) is 0. The number of carbonyl (C=O) groups is 1. The molecule has 0 saturated carbocycles. The molecule has 1 aliphatic heterocycles. The molecule has 1 saturated heterocycles.